The molecule has 0 spiro atoms. The van der Waals surface area contributed by atoms with E-state index in [-0.39, 0.29) is 5.91 Å². The number of carbonyl (C=O) groups excluding carboxylic acids is 1. The number of carbonyl (C=O) groups is 1. The highest BCUT2D eigenvalue weighted by Crippen LogP contribution is 2.26. The molecule has 2 rings (SSSR count). The van der Waals surface area contributed by atoms with E-state index in [9.17, 15) is 4.79 Å². The van der Waals surface area contributed by atoms with Crippen molar-refractivity contribution in [2.75, 3.05) is 14.2 Å². The Morgan fingerprint density at radius 2 is 1.52 bits per heavy atom. The van der Waals surface area contributed by atoms with Crippen molar-refractivity contribution in [3.8, 4) is 17.2 Å². The summed E-state index contributed by atoms with van der Waals surface area (Å²) in [4.78, 5) is 12.2. The summed E-state index contributed by atoms with van der Waals surface area (Å²) in [5.74, 6) is 1.67. The maximum atomic E-state index is 12.2. The number of benzene rings is 2. The molecule has 0 fully saturated rings. The average Bonchev–Trinajstić information content (AvgIpc) is 2.60. The van der Waals surface area contributed by atoms with Crippen molar-refractivity contribution >= 4 is 5.91 Å². The first-order valence-corrected chi connectivity index (χ1v) is 7.35. The molecule has 2 aromatic carbocycles. The number of hydrogen-bond donors (Lipinski definition) is 1. The van der Waals surface area contributed by atoms with Crippen molar-refractivity contribution in [2.45, 2.75) is 19.6 Å². The number of amides is 1. The zero-order valence-electron chi connectivity index (χ0n) is 13.5. The first-order chi connectivity index (χ1) is 11.2. The highest BCUT2D eigenvalue weighted by atomic mass is 16.5. The van der Waals surface area contributed by atoms with Crippen LogP contribution in [0.4, 0.5) is 0 Å². The van der Waals surface area contributed by atoms with Crippen LogP contribution in [0.3, 0.4) is 0 Å². The van der Waals surface area contributed by atoms with E-state index in [2.05, 4.69) is 5.32 Å². The van der Waals surface area contributed by atoms with Crippen molar-refractivity contribution < 1.29 is 19.0 Å². The van der Waals surface area contributed by atoms with Crippen molar-refractivity contribution in [1.82, 2.24) is 5.32 Å². The summed E-state index contributed by atoms with van der Waals surface area (Å²) in [7, 11) is 3.17. The van der Waals surface area contributed by atoms with Gasteiger partial charge in [0, 0.05) is 12.1 Å². The Morgan fingerprint density at radius 3 is 2.17 bits per heavy atom. The van der Waals surface area contributed by atoms with E-state index in [1.807, 2.05) is 36.4 Å². The zero-order chi connectivity index (χ0) is 16.7. The minimum Gasteiger partial charge on any atom is -0.496 e. The lowest BCUT2D eigenvalue weighted by Crippen LogP contribution is -2.36. The van der Waals surface area contributed by atoms with Gasteiger partial charge < -0.3 is 19.5 Å². The second-order valence-corrected chi connectivity index (χ2v) is 4.94. The highest BCUT2D eigenvalue weighted by molar-refractivity contribution is 5.80. The van der Waals surface area contributed by atoms with Crippen LogP contribution in [0.15, 0.2) is 48.5 Å². The number of methoxy groups -OCH3 is 2. The Kier molecular flexibility index (Phi) is 5.86. The fourth-order valence-corrected chi connectivity index (χ4v) is 2.14. The van der Waals surface area contributed by atoms with Gasteiger partial charge in [-0.3, -0.25) is 4.79 Å². The van der Waals surface area contributed by atoms with Gasteiger partial charge in [-0.25, -0.2) is 0 Å². The maximum absolute atomic E-state index is 12.2. The molecule has 2 aromatic rings. The third kappa shape index (κ3) is 4.39. The first-order valence-electron chi connectivity index (χ1n) is 7.35. The molecule has 1 atom stereocenters. The number of rotatable bonds is 7. The Bertz CT molecular complexity index is 657. The van der Waals surface area contributed by atoms with Crippen LogP contribution in [0.5, 0.6) is 17.2 Å². The molecule has 0 aromatic heterocycles. The molecule has 0 radical (unpaired) electrons. The second-order valence-electron chi connectivity index (χ2n) is 4.94. The standard InChI is InChI=1S/C18H21NO4/c1-13(23-17-11-7-6-10-16(17)22-3)18(20)19-12-14-8-4-5-9-15(14)21-2/h4-11,13H,12H2,1-3H3,(H,19,20)/t13-/m1/s1. The van der Waals surface area contributed by atoms with Crippen molar-refractivity contribution in [2.24, 2.45) is 0 Å². The van der Waals surface area contributed by atoms with E-state index in [1.165, 1.54) is 0 Å². The van der Waals surface area contributed by atoms with Gasteiger partial charge in [0.1, 0.15) is 5.75 Å². The fourth-order valence-electron chi connectivity index (χ4n) is 2.14. The molecule has 0 aliphatic carbocycles. The second kappa shape index (κ2) is 8.08. The van der Waals surface area contributed by atoms with E-state index in [0.717, 1.165) is 11.3 Å². The maximum Gasteiger partial charge on any atom is 0.261 e. The van der Waals surface area contributed by atoms with Crippen LogP contribution < -0.4 is 19.5 Å². The Morgan fingerprint density at radius 1 is 0.957 bits per heavy atom. The van der Waals surface area contributed by atoms with E-state index in [1.54, 1.807) is 33.3 Å². The number of ether oxygens (including phenoxy) is 3. The average molecular weight is 315 g/mol. The molecule has 122 valence electrons. The van der Waals surface area contributed by atoms with E-state index in [4.69, 9.17) is 14.2 Å². The molecule has 5 heteroatoms. The summed E-state index contributed by atoms with van der Waals surface area (Å²) >= 11 is 0. The van der Waals surface area contributed by atoms with Gasteiger partial charge in [-0.1, -0.05) is 30.3 Å². The fraction of sp³-hybridized carbons (Fsp3) is 0.278. The van der Waals surface area contributed by atoms with Gasteiger partial charge in [-0.2, -0.15) is 0 Å². The van der Waals surface area contributed by atoms with Gasteiger partial charge >= 0.3 is 0 Å². The van der Waals surface area contributed by atoms with E-state index >= 15 is 0 Å². The molecule has 0 unspecified atom stereocenters. The van der Waals surface area contributed by atoms with E-state index < -0.39 is 6.10 Å². The Labute approximate surface area is 136 Å². The van der Waals surface area contributed by atoms with Gasteiger partial charge in [0.25, 0.3) is 5.91 Å². The predicted octanol–water partition coefficient (Wildman–Crippen LogP) is 2.79. The lowest BCUT2D eigenvalue weighted by atomic mass is 10.2. The Hall–Kier alpha value is -2.69. The summed E-state index contributed by atoms with van der Waals surface area (Å²) in [5.41, 5.74) is 0.910. The zero-order valence-corrected chi connectivity index (χ0v) is 13.5. The van der Waals surface area contributed by atoms with Crippen LogP contribution in [0.1, 0.15) is 12.5 Å². The quantitative estimate of drug-likeness (QED) is 0.853. The van der Waals surface area contributed by atoms with Crippen LogP contribution >= 0.6 is 0 Å². The molecule has 0 bridgehead atoms. The number of hydrogen-bond acceptors (Lipinski definition) is 4. The summed E-state index contributed by atoms with van der Waals surface area (Å²) < 4.78 is 16.2. The molecular weight excluding hydrogens is 294 g/mol. The summed E-state index contributed by atoms with van der Waals surface area (Å²) in [6, 6.07) is 14.8. The van der Waals surface area contributed by atoms with Crippen LogP contribution in [-0.2, 0) is 11.3 Å². The van der Waals surface area contributed by atoms with Crippen molar-refractivity contribution in [3.05, 3.63) is 54.1 Å². The molecule has 0 aliphatic rings. The van der Waals surface area contributed by atoms with Crippen LogP contribution in [-0.4, -0.2) is 26.2 Å². The molecule has 0 heterocycles. The molecular formula is C18H21NO4. The molecule has 0 saturated carbocycles. The van der Waals surface area contributed by atoms with Gasteiger partial charge in [0.15, 0.2) is 17.6 Å². The van der Waals surface area contributed by atoms with Crippen molar-refractivity contribution in [1.29, 1.82) is 0 Å². The largest absolute Gasteiger partial charge is 0.496 e. The van der Waals surface area contributed by atoms with Crippen LogP contribution in [0, 0.1) is 0 Å². The molecule has 0 saturated heterocycles. The third-order valence-electron chi connectivity index (χ3n) is 3.39. The normalized spacial score (nSPS) is 11.4. The van der Waals surface area contributed by atoms with Gasteiger partial charge in [-0.15, -0.1) is 0 Å². The number of para-hydroxylation sites is 3. The molecule has 0 aliphatic heterocycles. The minimum atomic E-state index is -0.638. The van der Waals surface area contributed by atoms with Gasteiger partial charge in [-0.05, 0) is 25.1 Å². The summed E-state index contributed by atoms with van der Waals surface area (Å²) in [6.45, 7) is 2.08. The van der Waals surface area contributed by atoms with Crippen LogP contribution in [0.25, 0.3) is 0 Å². The van der Waals surface area contributed by atoms with E-state index in [0.29, 0.717) is 18.0 Å². The first kappa shape index (κ1) is 16.7. The minimum absolute atomic E-state index is 0.207. The Balaban J connectivity index is 1.95. The lowest BCUT2D eigenvalue weighted by Gasteiger charge is -2.17. The highest BCUT2D eigenvalue weighted by Gasteiger charge is 2.16. The SMILES string of the molecule is COc1ccccc1CNC(=O)[C@@H](C)Oc1ccccc1OC. The van der Waals surface area contributed by atoms with Gasteiger partial charge in [0.2, 0.25) is 0 Å². The van der Waals surface area contributed by atoms with Crippen LogP contribution in [0.2, 0.25) is 0 Å². The van der Waals surface area contributed by atoms with Gasteiger partial charge in [0.05, 0.1) is 14.2 Å². The topological polar surface area (TPSA) is 56.8 Å². The lowest BCUT2D eigenvalue weighted by molar-refractivity contribution is -0.127. The smallest absolute Gasteiger partial charge is 0.261 e. The monoisotopic (exact) mass is 315 g/mol. The molecule has 5 nitrogen and oxygen atoms in total. The van der Waals surface area contributed by atoms with Crippen molar-refractivity contribution in [3.63, 3.8) is 0 Å². The number of nitrogens with one attached hydrogen (secondary N) is 1. The third-order valence-corrected chi connectivity index (χ3v) is 3.39. The summed E-state index contributed by atoms with van der Waals surface area (Å²) in [5, 5.41) is 2.85. The molecule has 1 N–H and O–H groups in total. The summed E-state index contributed by atoms with van der Waals surface area (Å²) in [6.07, 6.45) is -0.638. The molecule has 23 heavy (non-hydrogen) atoms. The molecule has 1 amide bonds. The predicted molar refractivity (Wildman–Crippen MR) is 87.9 cm³/mol.